The topological polar surface area (TPSA) is 26.3 Å². The molecule has 2 nitrogen and oxygen atoms in total. The van der Waals surface area contributed by atoms with E-state index in [9.17, 15) is 26.7 Å². The highest BCUT2D eigenvalue weighted by Gasteiger charge is 2.65. The van der Waals surface area contributed by atoms with Crippen LogP contribution in [0.2, 0.25) is 0 Å². The Hall–Kier alpha value is -0.880. The number of carbonyl (C=O) groups excluding carboxylic acids is 1. The van der Waals surface area contributed by atoms with Gasteiger partial charge in [-0.2, -0.15) is 22.0 Å². The van der Waals surface area contributed by atoms with Crippen molar-refractivity contribution in [3.05, 3.63) is 0 Å². The fraction of sp³-hybridized carbons (Fsp3) is 0.900. The highest BCUT2D eigenvalue weighted by Crippen LogP contribution is 2.37. The minimum atomic E-state index is -5.90. The predicted octanol–water partition coefficient (Wildman–Crippen LogP) is 3.31. The molecule has 0 bridgehead atoms. The van der Waals surface area contributed by atoms with Crippen LogP contribution in [0.4, 0.5) is 22.0 Å². The van der Waals surface area contributed by atoms with Crippen LogP contribution in [-0.4, -0.2) is 24.2 Å². The van der Waals surface area contributed by atoms with Crippen LogP contribution in [0.5, 0.6) is 0 Å². The first-order chi connectivity index (χ1) is 7.66. The molecule has 1 atom stereocenters. The van der Waals surface area contributed by atoms with Gasteiger partial charge in [-0.1, -0.05) is 12.8 Å². The molecule has 0 aromatic carbocycles. The van der Waals surface area contributed by atoms with Gasteiger partial charge in [-0.3, -0.25) is 0 Å². The van der Waals surface area contributed by atoms with Crippen molar-refractivity contribution in [1.29, 1.82) is 0 Å². The van der Waals surface area contributed by atoms with Gasteiger partial charge in [0.1, 0.15) is 6.10 Å². The van der Waals surface area contributed by atoms with Crippen LogP contribution < -0.4 is 0 Å². The molecule has 0 heterocycles. The lowest BCUT2D eigenvalue weighted by molar-refractivity contribution is -0.282. The van der Waals surface area contributed by atoms with Crippen LogP contribution in [-0.2, 0) is 9.53 Å². The molecule has 0 N–H and O–H groups in total. The molecule has 100 valence electrons. The number of rotatable bonds is 3. The monoisotopic (exact) mass is 260 g/mol. The number of esters is 1. The van der Waals surface area contributed by atoms with Gasteiger partial charge >= 0.3 is 18.1 Å². The van der Waals surface area contributed by atoms with Gasteiger partial charge in [0.25, 0.3) is 0 Å². The molecule has 0 aromatic rings. The van der Waals surface area contributed by atoms with Gasteiger partial charge in [0.15, 0.2) is 0 Å². The van der Waals surface area contributed by atoms with Crippen molar-refractivity contribution in [3.8, 4) is 0 Å². The average Bonchev–Trinajstić information content (AvgIpc) is 2.68. The van der Waals surface area contributed by atoms with E-state index in [1.807, 2.05) is 0 Å². The van der Waals surface area contributed by atoms with E-state index in [2.05, 4.69) is 4.74 Å². The van der Waals surface area contributed by atoms with E-state index in [0.717, 1.165) is 12.8 Å². The van der Waals surface area contributed by atoms with Gasteiger partial charge in [-0.15, -0.1) is 0 Å². The Morgan fingerprint density at radius 2 is 1.65 bits per heavy atom. The van der Waals surface area contributed by atoms with Crippen molar-refractivity contribution in [2.45, 2.75) is 50.8 Å². The molecule has 0 aliphatic heterocycles. The molecule has 1 rings (SSSR count). The van der Waals surface area contributed by atoms with E-state index in [1.54, 1.807) is 0 Å². The number of ether oxygens (including phenoxy) is 1. The first-order valence-electron chi connectivity index (χ1n) is 5.32. The first kappa shape index (κ1) is 14.2. The fourth-order valence-electron chi connectivity index (χ4n) is 1.88. The molecule has 0 saturated heterocycles. The molecule has 17 heavy (non-hydrogen) atoms. The second-order valence-corrected chi connectivity index (χ2v) is 4.23. The SMILES string of the molecule is CC(OC(=O)C(F)(F)C(F)(F)F)C1CCCC1. The van der Waals surface area contributed by atoms with Crippen molar-refractivity contribution < 1.29 is 31.5 Å². The highest BCUT2D eigenvalue weighted by molar-refractivity contribution is 5.78. The Kier molecular flexibility index (Phi) is 3.99. The number of carbonyl (C=O) groups is 1. The number of hydrogen-bond donors (Lipinski definition) is 0. The van der Waals surface area contributed by atoms with Gasteiger partial charge in [-0.05, 0) is 25.7 Å². The molecule has 1 aliphatic carbocycles. The second kappa shape index (κ2) is 4.78. The molecule has 0 spiro atoms. The van der Waals surface area contributed by atoms with Crippen LogP contribution in [0.1, 0.15) is 32.6 Å². The quantitative estimate of drug-likeness (QED) is 0.575. The van der Waals surface area contributed by atoms with Crippen molar-refractivity contribution in [2.24, 2.45) is 5.92 Å². The normalized spacial score (nSPS) is 20.4. The highest BCUT2D eigenvalue weighted by atomic mass is 19.4. The zero-order chi connectivity index (χ0) is 13.3. The van der Waals surface area contributed by atoms with Crippen molar-refractivity contribution in [2.75, 3.05) is 0 Å². The first-order valence-corrected chi connectivity index (χ1v) is 5.32. The summed E-state index contributed by atoms with van der Waals surface area (Å²) in [4.78, 5) is 10.8. The largest absolute Gasteiger partial charge is 0.465 e. The number of halogens is 5. The molecule has 1 saturated carbocycles. The lowest BCUT2D eigenvalue weighted by atomic mass is 10.0. The van der Waals surface area contributed by atoms with E-state index in [-0.39, 0.29) is 5.92 Å². The summed E-state index contributed by atoms with van der Waals surface area (Å²) in [7, 11) is 0. The Bertz CT molecular complexity index is 281. The summed E-state index contributed by atoms with van der Waals surface area (Å²) in [6.45, 7) is 1.35. The maximum Gasteiger partial charge on any atom is 0.465 e. The standard InChI is InChI=1S/C10H13F5O2/c1-6(7-4-2-3-5-7)17-8(16)9(11,12)10(13,14)15/h6-7H,2-5H2,1H3. The molecular weight excluding hydrogens is 247 g/mol. The maximum absolute atomic E-state index is 12.6. The Morgan fingerprint density at radius 1 is 1.18 bits per heavy atom. The van der Waals surface area contributed by atoms with Crippen LogP contribution in [0.3, 0.4) is 0 Å². The average molecular weight is 260 g/mol. The fourth-order valence-corrected chi connectivity index (χ4v) is 1.88. The van der Waals surface area contributed by atoms with Gasteiger partial charge in [0, 0.05) is 0 Å². The third-order valence-electron chi connectivity index (χ3n) is 2.97. The molecule has 0 amide bonds. The summed E-state index contributed by atoms with van der Waals surface area (Å²) in [5.41, 5.74) is 0. The molecule has 0 aromatic heterocycles. The Balaban J connectivity index is 2.59. The van der Waals surface area contributed by atoms with Gasteiger partial charge in [-0.25, -0.2) is 4.79 Å². The summed E-state index contributed by atoms with van der Waals surface area (Å²) in [5.74, 6) is -8.06. The van der Waals surface area contributed by atoms with E-state index in [0.29, 0.717) is 12.8 Å². The Morgan fingerprint density at radius 3 is 2.06 bits per heavy atom. The molecule has 1 unspecified atom stereocenters. The number of alkyl halides is 5. The van der Waals surface area contributed by atoms with Crippen molar-refractivity contribution in [3.63, 3.8) is 0 Å². The van der Waals surface area contributed by atoms with Crippen molar-refractivity contribution in [1.82, 2.24) is 0 Å². The van der Waals surface area contributed by atoms with E-state index in [4.69, 9.17) is 0 Å². The van der Waals surface area contributed by atoms with Crippen LogP contribution >= 0.6 is 0 Å². The van der Waals surface area contributed by atoms with Crippen molar-refractivity contribution >= 4 is 5.97 Å². The van der Waals surface area contributed by atoms with Crippen LogP contribution in [0.15, 0.2) is 0 Å². The predicted molar refractivity (Wildman–Crippen MR) is 48.5 cm³/mol. The zero-order valence-electron chi connectivity index (χ0n) is 9.19. The van der Waals surface area contributed by atoms with E-state index in [1.165, 1.54) is 6.92 Å². The molecular formula is C10H13F5O2. The summed E-state index contributed by atoms with van der Waals surface area (Å²) >= 11 is 0. The second-order valence-electron chi connectivity index (χ2n) is 4.23. The van der Waals surface area contributed by atoms with E-state index >= 15 is 0 Å². The van der Waals surface area contributed by atoms with Gasteiger partial charge < -0.3 is 4.74 Å². The summed E-state index contributed by atoms with van der Waals surface area (Å²) in [6, 6.07) is 0. The third-order valence-corrected chi connectivity index (χ3v) is 2.97. The molecule has 0 radical (unpaired) electrons. The lowest BCUT2D eigenvalue weighted by Crippen LogP contribution is -2.46. The summed E-state index contributed by atoms with van der Waals surface area (Å²) < 4.78 is 64.9. The van der Waals surface area contributed by atoms with Gasteiger partial charge in [0.05, 0.1) is 0 Å². The molecule has 1 aliphatic rings. The third kappa shape index (κ3) is 3.07. The maximum atomic E-state index is 12.6. The van der Waals surface area contributed by atoms with Crippen LogP contribution in [0.25, 0.3) is 0 Å². The zero-order valence-corrected chi connectivity index (χ0v) is 9.19. The van der Waals surface area contributed by atoms with E-state index < -0.39 is 24.2 Å². The number of hydrogen-bond acceptors (Lipinski definition) is 2. The lowest BCUT2D eigenvalue weighted by Gasteiger charge is -2.23. The Labute approximate surface area is 95.1 Å². The summed E-state index contributed by atoms with van der Waals surface area (Å²) in [6.07, 6.45) is -3.68. The minimum Gasteiger partial charge on any atom is -0.458 e. The summed E-state index contributed by atoms with van der Waals surface area (Å²) in [5, 5.41) is 0. The smallest absolute Gasteiger partial charge is 0.458 e. The molecule has 7 heteroatoms. The van der Waals surface area contributed by atoms with Gasteiger partial charge in [0.2, 0.25) is 0 Å². The van der Waals surface area contributed by atoms with Crippen LogP contribution in [0, 0.1) is 5.92 Å². The minimum absolute atomic E-state index is 0.122. The molecule has 1 fully saturated rings.